The van der Waals surface area contributed by atoms with E-state index in [-0.39, 0.29) is 19.6 Å². The predicted molar refractivity (Wildman–Crippen MR) is 37.3 cm³/mol. The molecule has 0 aliphatic rings. The molecule has 0 fully saturated rings. The van der Waals surface area contributed by atoms with Gasteiger partial charge >= 0.3 is 0 Å². The van der Waals surface area contributed by atoms with Crippen molar-refractivity contribution >= 4 is 6.41 Å². The van der Waals surface area contributed by atoms with Crippen LogP contribution >= 0.6 is 0 Å². The largest absolute Gasteiger partial charge is 0.395 e. The predicted octanol–water partition coefficient (Wildman–Crippen LogP) is -2.34. The van der Waals surface area contributed by atoms with Crippen LogP contribution in [0.2, 0.25) is 0 Å². The quantitative estimate of drug-likeness (QED) is 0.267. The zero-order valence-electron chi connectivity index (χ0n) is 5.79. The molecular formula is C5H14N2O3. The van der Waals surface area contributed by atoms with Crippen LogP contribution in [0.15, 0.2) is 0 Å². The highest BCUT2D eigenvalue weighted by Gasteiger charge is 1.78. The van der Waals surface area contributed by atoms with E-state index in [1.165, 1.54) is 0 Å². The van der Waals surface area contributed by atoms with Gasteiger partial charge in [-0.05, 0) is 0 Å². The number of hydrogen-bond donors (Lipinski definition) is 4. The highest BCUT2D eigenvalue weighted by molar-refractivity contribution is 5.42. The Bertz CT molecular complexity index is 56.9. The summed E-state index contributed by atoms with van der Waals surface area (Å²) in [6, 6.07) is 0. The van der Waals surface area contributed by atoms with Gasteiger partial charge in [-0.25, -0.2) is 0 Å². The maximum Gasteiger partial charge on any atom is 0.204 e. The fraction of sp³-hybridized carbons (Fsp3) is 0.800. The van der Waals surface area contributed by atoms with E-state index in [0.29, 0.717) is 13.1 Å². The Morgan fingerprint density at radius 1 is 1.30 bits per heavy atom. The summed E-state index contributed by atoms with van der Waals surface area (Å²) in [7, 11) is 0. The number of amides is 1. The number of nitrogens with two attached hydrogens (primary N) is 1. The van der Waals surface area contributed by atoms with Crippen LogP contribution in [0.25, 0.3) is 0 Å². The molecule has 0 aliphatic carbocycles. The normalized spacial score (nSPS) is 7.80. The van der Waals surface area contributed by atoms with E-state index in [0.717, 1.165) is 0 Å². The first-order chi connectivity index (χ1) is 4.83. The van der Waals surface area contributed by atoms with E-state index in [1.54, 1.807) is 0 Å². The fourth-order valence-corrected chi connectivity index (χ4v) is 0.283. The van der Waals surface area contributed by atoms with Crippen LogP contribution in [0.5, 0.6) is 0 Å². The van der Waals surface area contributed by atoms with Crippen molar-refractivity contribution in [1.82, 2.24) is 5.32 Å². The molecule has 5 N–H and O–H groups in total. The third-order valence-corrected chi connectivity index (χ3v) is 0.577. The molecule has 0 saturated heterocycles. The van der Waals surface area contributed by atoms with Crippen LogP contribution in [0.4, 0.5) is 0 Å². The standard InChI is InChI=1S/C4H11NO2.CH3NO/c6-3-1-5-2-4-7;2-1-3/h5-7H,1-4H2;1H,(H2,2,3). The van der Waals surface area contributed by atoms with Gasteiger partial charge in [0.25, 0.3) is 0 Å². The monoisotopic (exact) mass is 150 g/mol. The molecule has 0 radical (unpaired) electrons. The van der Waals surface area contributed by atoms with Crippen LogP contribution in [-0.4, -0.2) is 42.9 Å². The SMILES string of the molecule is NC=O.OCCNCCO. The zero-order valence-corrected chi connectivity index (χ0v) is 5.79. The Morgan fingerprint density at radius 2 is 1.60 bits per heavy atom. The number of nitrogens with one attached hydrogen (secondary N) is 1. The van der Waals surface area contributed by atoms with Gasteiger partial charge in [-0.2, -0.15) is 0 Å². The fourth-order valence-electron chi connectivity index (χ4n) is 0.283. The third kappa shape index (κ3) is 26.4. The lowest BCUT2D eigenvalue weighted by atomic mass is 10.6. The molecule has 0 aromatic rings. The lowest BCUT2D eigenvalue weighted by Crippen LogP contribution is -2.21. The van der Waals surface area contributed by atoms with Crippen LogP contribution in [0, 0.1) is 0 Å². The summed E-state index contributed by atoms with van der Waals surface area (Å²) < 4.78 is 0. The molecule has 0 aromatic heterocycles. The van der Waals surface area contributed by atoms with Crippen molar-refractivity contribution in [3.63, 3.8) is 0 Å². The van der Waals surface area contributed by atoms with Crippen molar-refractivity contribution < 1.29 is 15.0 Å². The van der Waals surface area contributed by atoms with E-state index < -0.39 is 0 Å². The molecule has 0 aromatic carbocycles. The number of carbonyl (C=O) groups is 1. The van der Waals surface area contributed by atoms with E-state index in [4.69, 9.17) is 15.0 Å². The van der Waals surface area contributed by atoms with Crippen molar-refractivity contribution in [2.45, 2.75) is 0 Å². The lowest BCUT2D eigenvalue weighted by molar-refractivity contribution is -0.106. The molecule has 0 atom stereocenters. The molecule has 62 valence electrons. The summed E-state index contributed by atoms with van der Waals surface area (Å²) in [6.45, 7) is 1.42. The minimum absolute atomic E-state index is 0.139. The van der Waals surface area contributed by atoms with Gasteiger partial charge in [0, 0.05) is 13.1 Å². The second-order valence-electron chi connectivity index (χ2n) is 1.33. The van der Waals surface area contributed by atoms with Crippen molar-refractivity contribution in [2.24, 2.45) is 5.73 Å². The van der Waals surface area contributed by atoms with Crippen molar-refractivity contribution in [3.8, 4) is 0 Å². The van der Waals surface area contributed by atoms with Gasteiger partial charge in [0.1, 0.15) is 0 Å². The van der Waals surface area contributed by atoms with Gasteiger partial charge < -0.3 is 21.3 Å². The molecule has 0 spiro atoms. The number of aliphatic hydroxyl groups excluding tert-OH is 2. The molecule has 0 rings (SSSR count). The maximum absolute atomic E-state index is 8.58. The number of primary amides is 1. The van der Waals surface area contributed by atoms with E-state index in [1.807, 2.05) is 0 Å². The molecule has 0 aliphatic heterocycles. The summed E-state index contributed by atoms with van der Waals surface area (Å²) in [5.41, 5.74) is 4.17. The molecule has 1 amide bonds. The summed E-state index contributed by atoms with van der Waals surface area (Å²) in [6.07, 6.45) is 0.250. The van der Waals surface area contributed by atoms with Gasteiger partial charge in [-0.3, -0.25) is 4.79 Å². The number of aliphatic hydroxyl groups is 2. The van der Waals surface area contributed by atoms with Crippen molar-refractivity contribution in [2.75, 3.05) is 26.3 Å². The summed E-state index contributed by atoms with van der Waals surface area (Å²) in [5.74, 6) is 0. The molecule has 0 bridgehead atoms. The number of carbonyl (C=O) groups excluding carboxylic acids is 1. The Balaban J connectivity index is 0. The second-order valence-corrected chi connectivity index (χ2v) is 1.33. The Labute approximate surface area is 59.8 Å². The molecule has 0 saturated carbocycles. The van der Waals surface area contributed by atoms with Gasteiger partial charge in [-0.1, -0.05) is 0 Å². The van der Waals surface area contributed by atoms with Crippen molar-refractivity contribution in [3.05, 3.63) is 0 Å². The summed E-state index contributed by atoms with van der Waals surface area (Å²) in [4.78, 5) is 8.58. The zero-order chi connectivity index (χ0) is 8.24. The Kier molecular flexibility index (Phi) is 19.0. The lowest BCUT2D eigenvalue weighted by Gasteiger charge is -1.94. The molecule has 5 nitrogen and oxygen atoms in total. The highest BCUT2D eigenvalue weighted by Crippen LogP contribution is 1.54. The average molecular weight is 150 g/mol. The molecule has 0 unspecified atom stereocenters. The van der Waals surface area contributed by atoms with Gasteiger partial charge in [-0.15, -0.1) is 0 Å². The van der Waals surface area contributed by atoms with Gasteiger partial charge in [0.2, 0.25) is 6.41 Å². The first-order valence-electron chi connectivity index (χ1n) is 2.91. The Hall–Kier alpha value is -0.650. The van der Waals surface area contributed by atoms with E-state index >= 15 is 0 Å². The van der Waals surface area contributed by atoms with Crippen LogP contribution in [0.3, 0.4) is 0 Å². The summed E-state index contributed by atoms with van der Waals surface area (Å²) in [5, 5.41) is 19.1. The van der Waals surface area contributed by atoms with E-state index in [9.17, 15) is 0 Å². The summed E-state index contributed by atoms with van der Waals surface area (Å²) >= 11 is 0. The minimum atomic E-state index is 0.139. The smallest absolute Gasteiger partial charge is 0.204 e. The van der Waals surface area contributed by atoms with Crippen molar-refractivity contribution in [1.29, 1.82) is 0 Å². The van der Waals surface area contributed by atoms with Gasteiger partial charge in [0.05, 0.1) is 13.2 Å². The third-order valence-electron chi connectivity index (χ3n) is 0.577. The topological polar surface area (TPSA) is 95.6 Å². The molecule has 10 heavy (non-hydrogen) atoms. The Morgan fingerprint density at radius 3 is 1.80 bits per heavy atom. The number of rotatable bonds is 4. The molecular weight excluding hydrogens is 136 g/mol. The first-order valence-corrected chi connectivity index (χ1v) is 2.91. The minimum Gasteiger partial charge on any atom is -0.395 e. The highest BCUT2D eigenvalue weighted by atomic mass is 16.3. The first kappa shape index (κ1) is 12.1. The molecule has 5 heteroatoms. The average Bonchev–Trinajstić information content (AvgIpc) is 1.91. The van der Waals surface area contributed by atoms with E-state index in [2.05, 4.69) is 11.1 Å². The molecule has 0 heterocycles. The van der Waals surface area contributed by atoms with Crippen LogP contribution < -0.4 is 11.1 Å². The maximum atomic E-state index is 8.58. The second kappa shape index (κ2) is 15.8. The number of hydrogen-bond acceptors (Lipinski definition) is 4. The van der Waals surface area contributed by atoms with Crippen LogP contribution in [0.1, 0.15) is 0 Å². The van der Waals surface area contributed by atoms with Gasteiger partial charge in [0.15, 0.2) is 0 Å². The van der Waals surface area contributed by atoms with Crippen LogP contribution in [-0.2, 0) is 4.79 Å².